The van der Waals surface area contributed by atoms with Gasteiger partial charge in [-0.25, -0.2) is 0 Å². The number of esters is 2. The predicted molar refractivity (Wildman–Crippen MR) is 152 cm³/mol. The van der Waals surface area contributed by atoms with Crippen molar-refractivity contribution in [1.29, 1.82) is 0 Å². The number of aryl methyl sites for hydroxylation is 1. The largest absolute Gasteiger partial charge is 0.488 e. The average Bonchev–Trinajstić information content (AvgIpc) is 2.84. The quantitative estimate of drug-likeness (QED) is 0.174. The lowest BCUT2D eigenvalue weighted by Crippen LogP contribution is -2.23. The van der Waals surface area contributed by atoms with Crippen molar-refractivity contribution in [3.05, 3.63) is 48.0 Å². The van der Waals surface area contributed by atoms with E-state index in [0.717, 1.165) is 39.5 Å². The summed E-state index contributed by atoms with van der Waals surface area (Å²) in [6, 6.07) is 14.2. The van der Waals surface area contributed by atoms with Crippen molar-refractivity contribution in [2.24, 2.45) is 11.8 Å². The molecule has 0 bridgehead atoms. The van der Waals surface area contributed by atoms with Gasteiger partial charge in [0.1, 0.15) is 36.9 Å². The van der Waals surface area contributed by atoms with Gasteiger partial charge in [-0.3, -0.25) is 9.59 Å². The van der Waals surface area contributed by atoms with E-state index in [4.69, 9.17) is 18.9 Å². The Labute approximate surface area is 226 Å². The van der Waals surface area contributed by atoms with E-state index in [-0.39, 0.29) is 49.2 Å². The molecule has 3 aromatic carbocycles. The van der Waals surface area contributed by atoms with Crippen molar-refractivity contribution < 1.29 is 28.5 Å². The topological polar surface area (TPSA) is 71.1 Å². The van der Waals surface area contributed by atoms with E-state index in [1.54, 1.807) is 0 Å². The Balaban J connectivity index is 1.93. The number of ether oxygens (including phenoxy) is 4. The molecule has 3 rings (SSSR count). The second-order valence-electron chi connectivity index (χ2n) is 10.9. The first-order chi connectivity index (χ1) is 18.1. The van der Waals surface area contributed by atoms with E-state index in [1.807, 2.05) is 65.8 Å². The lowest BCUT2D eigenvalue weighted by Gasteiger charge is -2.21. The number of hydrogen-bond donors (Lipinski definition) is 0. The van der Waals surface area contributed by atoms with E-state index < -0.39 is 0 Å². The van der Waals surface area contributed by atoms with Gasteiger partial charge in [0.15, 0.2) is 0 Å². The highest BCUT2D eigenvalue weighted by molar-refractivity contribution is 6.11. The highest BCUT2D eigenvalue weighted by Crippen LogP contribution is 2.43. The second kappa shape index (κ2) is 13.5. The molecule has 0 amide bonds. The molecule has 3 aromatic rings. The van der Waals surface area contributed by atoms with Crippen LogP contribution in [0, 0.1) is 11.8 Å². The van der Waals surface area contributed by atoms with Gasteiger partial charge >= 0.3 is 11.9 Å². The normalized spacial score (nSPS) is 13.1. The summed E-state index contributed by atoms with van der Waals surface area (Å²) in [4.78, 5) is 24.3. The third kappa shape index (κ3) is 7.86. The molecule has 2 unspecified atom stereocenters. The smallest absolute Gasteiger partial charge is 0.306 e. The summed E-state index contributed by atoms with van der Waals surface area (Å²) in [6.45, 7) is 14.2. The summed E-state index contributed by atoms with van der Waals surface area (Å²) in [5.74, 6) is 1.52. The summed E-state index contributed by atoms with van der Waals surface area (Å²) < 4.78 is 23.8. The minimum atomic E-state index is -0.387. The first-order valence-corrected chi connectivity index (χ1v) is 13.7. The molecule has 0 saturated heterocycles. The van der Waals surface area contributed by atoms with Crippen molar-refractivity contribution >= 4 is 33.5 Å². The molecule has 6 nitrogen and oxygen atoms in total. The van der Waals surface area contributed by atoms with Gasteiger partial charge in [0, 0.05) is 34.4 Å². The lowest BCUT2D eigenvalue weighted by molar-refractivity contribution is -0.151. The fourth-order valence-electron chi connectivity index (χ4n) is 4.36. The van der Waals surface area contributed by atoms with Gasteiger partial charge in [0.05, 0.1) is 0 Å². The first kappa shape index (κ1) is 29.3. The van der Waals surface area contributed by atoms with Crippen molar-refractivity contribution in [2.75, 3.05) is 13.2 Å². The average molecular weight is 523 g/mol. The van der Waals surface area contributed by atoms with E-state index in [2.05, 4.69) is 25.1 Å². The fourth-order valence-corrected chi connectivity index (χ4v) is 4.36. The summed E-state index contributed by atoms with van der Waals surface area (Å²) in [5, 5.41) is 3.67. The van der Waals surface area contributed by atoms with Gasteiger partial charge in [-0.2, -0.15) is 0 Å². The molecule has 0 N–H and O–H groups in total. The van der Waals surface area contributed by atoms with Gasteiger partial charge < -0.3 is 18.9 Å². The summed E-state index contributed by atoms with van der Waals surface area (Å²) in [7, 11) is 0. The van der Waals surface area contributed by atoms with Crippen molar-refractivity contribution in [3.63, 3.8) is 0 Å². The number of fused-ring (bicyclic) bond motifs is 2. The van der Waals surface area contributed by atoms with Gasteiger partial charge in [-0.05, 0) is 43.7 Å². The maximum Gasteiger partial charge on any atom is 0.306 e. The summed E-state index contributed by atoms with van der Waals surface area (Å²) in [5.41, 5.74) is 1.18. The van der Waals surface area contributed by atoms with E-state index in [9.17, 15) is 9.59 Å². The summed E-state index contributed by atoms with van der Waals surface area (Å²) in [6.07, 6.45) is 0.870. The molecule has 206 valence electrons. The first-order valence-electron chi connectivity index (χ1n) is 13.7. The minimum absolute atomic E-state index is 0.217. The molecule has 0 aliphatic carbocycles. The Morgan fingerprint density at radius 1 is 0.658 bits per heavy atom. The van der Waals surface area contributed by atoms with Crippen LogP contribution in [0.5, 0.6) is 11.5 Å². The van der Waals surface area contributed by atoms with Crippen LogP contribution in [0.2, 0.25) is 0 Å². The van der Waals surface area contributed by atoms with Gasteiger partial charge in [0.2, 0.25) is 0 Å². The molecule has 0 radical (unpaired) electrons. The minimum Gasteiger partial charge on any atom is -0.488 e. The molecule has 38 heavy (non-hydrogen) atoms. The van der Waals surface area contributed by atoms with E-state index >= 15 is 0 Å². The second-order valence-corrected chi connectivity index (χ2v) is 10.9. The zero-order valence-electron chi connectivity index (χ0n) is 23.8. The number of carbonyl (C=O) groups is 2. The molecular formula is C32H42O6. The highest BCUT2D eigenvalue weighted by atomic mass is 16.6. The SMILES string of the molecule is CCc1ccc2c(OCC(C)OC(=O)CC(C)C)c3ccccc3c(OCC(C)OC(=O)CC(C)C)c2c1. The van der Waals surface area contributed by atoms with Crippen LogP contribution in [0.15, 0.2) is 42.5 Å². The molecule has 0 aliphatic heterocycles. The molecular weight excluding hydrogens is 480 g/mol. The third-order valence-corrected chi connectivity index (χ3v) is 6.14. The summed E-state index contributed by atoms with van der Waals surface area (Å²) >= 11 is 0. The molecule has 0 aromatic heterocycles. The van der Waals surface area contributed by atoms with Gasteiger partial charge in [-0.1, -0.05) is 71.0 Å². The Kier molecular flexibility index (Phi) is 10.4. The van der Waals surface area contributed by atoms with Crippen LogP contribution in [0.1, 0.15) is 66.9 Å². The standard InChI is InChI=1S/C32H42O6/c1-8-24-13-14-27-28(17-24)32(36-19-23(7)38-30(34)16-21(4)5)26-12-10-9-11-25(26)31(27)35-18-22(6)37-29(33)15-20(2)3/h9-14,17,20-23H,8,15-16,18-19H2,1-7H3. The maximum atomic E-state index is 12.1. The Hall–Kier alpha value is -3.28. The van der Waals surface area contributed by atoms with Crippen LogP contribution in [0.25, 0.3) is 21.5 Å². The molecule has 0 fully saturated rings. The molecule has 0 spiro atoms. The molecule has 0 saturated carbocycles. The predicted octanol–water partition coefficient (Wildman–Crippen LogP) is 7.27. The Morgan fingerprint density at radius 2 is 1.11 bits per heavy atom. The zero-order valence-corrected chi connectivity index (χ0v) is 23.8. The monoisotopic (exact) mass is 522 g/mol. The van der Waals surface area contributed by atoms with Crippen molar-refractivity contribution in [2.45, 2.75) is 79.9 Å². The fraction of sp³-hybridized carbons (Fsp3) is 0.500. The van der Waals surface area contributed by atoms with E-state index in [0.29, 0.717) is 12.8 Å². The van der Waals surface area contributed by atoms with Crippen LogP contribution in [0.3, 0.4) is 0 Å². The number of hydrogen-bond acceptors (Lipinski definition) is 6. The third-order valence-electron chi connectivity index (χ3n) is 6.14. The highest BCUT2D eigenvalue weighted by Gasteiger charge is 2.20. The molecule has 0 heterocycles. The Morgan fingerprint density at radius 3 is 1.55 bits per heavy atom. The van der Waals surface area contributed by atoms with Gasteiger partial charge in [0.25, 0.3) is 0 Å². The van der Waals surface area contributed by atoms with Crippen LogP contribution < -0.4 is 9.47 Å². The maximum absolute atomic E-state index is 12.1. The van der Waals surface area contributed by atoms with Gasteiger partial charge in [-0.15, -0.1) is 0 Å². The lowest BCUT2D eigenvalue weighted by atomic mass is 9.98. The van der Waals surface area contributed by atoms with Crippen molar-refractivity contribution in [3.8, 4) is 11.5 Å². The number of rotatable bonds is 13. The van der Waals surface area contributed by atoms with Crippen LogP contribution in [0.4, 0.5) is 0 Å². The molecule has 2 atom stereocenters. The molecule has 6 heteroatoms. The van der Waals surface area contributed by atoms with Crippen LogP contribution in [-0.4, -0.2) is 37.4 Å². The zero-order chi connectivity index (χ0) is 27.8. The number of carbonyl (C=O) groups excluding carboxylic acids is 2. The van der Waals surface area contributed by atoms with Crippen LogP contribution >= 0.6 is 0 Å². The van der Waals surface area contributed by atoms with Crippen LogP contribution in [-0.2, 0) is 25.5 Å². The number of benzene rings is 3. The van der Waals surface area contributed by atoms with Crippen molar-refractivity contribution in [1.82, 2.24) is 0 Å². The van der Waals surface area contributed by atoms with E-state index in [1.165, 1.54) is 5.56 Å². The Bertz CT molecular complexity index is 1250. The molecule has 0 aliphatic rings.